The SMILES string of the molecule is CCCCC/C=C/C/C=C/C/C=C/C/C=C/CCCC(=O)O[C@H](COC(=O)CCCCCCCCCCCC)COP(=O)(O)O. The first kappa shape index (κ1) is 43.0. The summed E-state index contributed by atoms with van der Waals surface area (Å²) in [6.45, 7) is 3.57. The number of ether oxygens (including phenoxy) is 2. The monoisotopic (exact) mass is 654 g/mol. The van der Waals surface area contributed by atoms with Gasteiger partial charge in [0.05, 0.1) is 6.61 Å². The second-order valence-electron chi connectivity index (χ2n) is 11.5. The van der Waals surface area contributed by atoms with Gasteiger partial charge in [0.15, 0.2) is 6.10 Å². The van der Waals surface area contributed by atoms with E-state index in [0.717, 1.165) is 38.5 Å². The van der Waals surface area contributed by atoms with Crippen LogP contribution in [0.2, 0.25) is 0 Å². The highest BCUT2D eigenvalue weighted by molar-refractivity contribution is 7.46. The zero-order chi connectivity index (χ0) is 33.3. The van der Waals surface area contributed by atoms with Crippen LogP contribution >= 0.6 is 7.82 Å². The molecule has 8 nitrogen and oxygen atoms in total. The van der Waals surface area contributed by atoms with Gasteiger partial charge >= 0.3 is 19.8 Å². The average molecular weight is 655 g/mol. The van der Waals surface area contributed by atoms with Crippen LogP contribution in [-0.4, -0.2) is 41.0 Å². The number of esters is 2. The average Bonchev–Trinajstić information content (AvgIpc) is 3.00. The van der Waals surface area contributed by atoms with Crippen molar-refractivity contribution < 1.29 is 37.9 Å². The van der Waals surface area contributed by atoms with Gasteiger partial charge in [-0.05, 0) is 51.4 Å². The van der Waals surface area contributed by atoms with Gasteiger partial charge < -0.3 is 19.3 Å². The number of rotatable bonds is 31. The Morgan fingerprint density at radius 2 is 1.02 bits per heavy atom. The number of phosphoric acid groups is 1. The Bertz CT molecular complexity index is 874. The molecule has 0 fully saturated rings. The van der Waals surface area contributed by atoms with Crippen molar-refractivity contribution in [3.8, 4) is 0 Å². The summed E-state index contributed by atoms with van der Waals surface area (Å²) in [6.07, 6.45) is 37.0. The molecule has 9 heteroatoms. The van der Waals surface area contributed by atoms with Crippen LogP contribution < -0.4 is 0 Å². The lowest BCUT2D eigenvalue weighted by Crippen LogP contribution is -2.29. The summed E-state index contributed by atoms with van der Waals surface area (Å²) in [6, 6.07) is 0. The summed E-state index contributed by atoms with van der Waals surface area (Å²) in [4.78, 5) is 42.5. The molecule has 0 aliphatic rings. The molecule has 0 unspecified atom stereocenters. The number of carbonyl (C=O) groups is 2. The molecule has 1 atom stereocenters. The normalized spacial score (nSPS) is 13.1. The van der Waals surface area contributed by atoms with E-state index in [1.165, 1.54) is 70.6 Å². The highest BCUT2D eigenvalue weighted by Gasteiger charge is 2.22. The number of hydrogen-bond acceptors (Lipinski definition) is 6. The quantitative estimate of drug-likeness (QED) is 0.0328. The molecule has 2 N–H and O–H groups in total. The third kappa shape index (κ3) is 34.7. The minimum absolute atomic E-state index is 0.136. The van der Waals surface area contributed by atoms with Gasteiger partial charge in [0.2, 0.25) is 0 Å². The first-order valence-corrected chi connectivity index (χ1v) is 19.0. The van der Waals surface area contributed by atoms with E-state index in [9.17, 15) is 14.2 Å². The number of carbonyl (C=O) groups excluding carboxylic acids is 2. The molecule has 0 rings (SSSR count). The summed E-state index contributed by atoms with van der Waals surface area (Å²) in [5.74, 6) is -0.955. The largest absolute Gasteiger partial charge is 0.469 e. The third-order valence-corrected chi connectivity index (χ3v) is 7.59. The van der Waals surface area contributed by atoms with Gasteiger partial charge in [-0.2, -0.15) is 0 Å². The number of unbranched alkanes of at least 4 members (excludes halogenated alkanes) is 13. The Labute approximate surface area is 274 Å². The summed E-state index contributed by atoms with van der Waals surface area (Å²) < 4.78 is 26.1. The van der Waals surface area contributed by atoms with Crippen molar-refractivity contribution in [1.29, 1.82) is 0 Å². The molecular weight excluding hydrogens is 591 g/mol. The second kappa shape index (κ2) is 32.0. The predicted octanol–water partition coefficient (Wildman–Crippen LogP) is 10.0. The van der Waals surface area contributed by atoms with Crippen molar-refractivity contribution in [2.75, 3.05) is 13.2 Å². The molecule has 0 aromatic carbocycles. The molecule has 0 amide bonds. The van der Waals surface area contributed by atoms with Crippen molar-refractivity contribution in [2.24, 2.45) is 0 Å². The van der Waals surface area contributed by atoms with E-state index in [1.54, 1.807) is 0 Å². The van der Waals surface area contributed by atoms with Gasteiger partial charge in [0.25, 0.3) is 0 Å². The van der Waals surface area contributed by atoms with Gasteiger partial charge in [0, 0.05) is 12.8 Å². The molecule has 0 bridgehead atoms. The Hall–Kier alpha value is -1.99. The standard InChI is InChI=1S/C36H63O8P/c1-3-5-7-9-11-13-15-16-17-18-19-20-21-23-25-27-29-31-36(38)44-34(33-43-45(39,40)41)32-42-35(37)30-28-26-24-22-14-12-10-8-6-4-2/h11,13,16-17,19-20,23,25,34H,3-10,12,14-15,18,21-22,24,26-33H2,1-2H3,(H2,39,40,41)/b13-11+,17-16+,20-19+,25-23+/t34-/m1/s1. The van der Waals surface area contributed by atoms with Crippen LogP contribution in [0.15, 0.2) is 48.6 Å². The molecule has 0 aliphatic heterocycles. The predicted molar refractivity (Wildman–Crippen MR) is 184 cm³/mol. The van der Waals surface area contributed by atoms with Gasteiger partial charge in [-0.3, -0.25) is 14.1 Å². The van der Waals surface area contributed by atoms with E-state index in [2.05, 4.69) is 60.9 Å². The van der Waals surface area contributed by atoms with Gasteiger partial charge in [-0.25, -0.2) is 4.57 Å². The topological polar surface area (TPSA) is 119 Å². The fourth-order valence-electron chi connectivity index (χ4n) is 4.48. The number of hydrogen-bond donors (Lipinski definition) is 2. The molecule has 0 saturated carbocycles. The lowest BCUT2D eigenvalue weighted by Gasteiger charge is -2.18. The molecular formula is C36H63O8P. The van der Waals surface area contributed by atoms with Gasteiger partial charge in [-0.15, -0.1) is 0 Å². The Balaban J connectivity index is 4.12. The Kier molecular flexibility index (Phi) is 30.6. The van der Waals surface area contributed by atoms with Crippen LogP contribution in [0.1, 0.15) is 149 Å². The van der Waals surface area contributed by atoms with Crippen LogP contribution in [0.25, 0.3) is 0 Å². The second-order valence-corrected chi connectivity index (χ2v) is 12.7. The minimum atomic E-state index is -4.76. The number of phosphoric ester groups is 1. The van der Waals surface area contributed by atoms with E-state index in [1.807, 2.05) is 6.08 Å². The maximum absolute atomic E-state index is 12.3. The Morgan fingerprint density at radius 3 is 1.56 bits per heavy atom. The minimum Gasteiger partial charge on any atom is -0.462 e. The first-order valence-electron chi connectivity index (χ1n) is 17.4. The summed E-state index contributed by atoms with van der Waals surface area (Å²) in [5.41, 5.74) is 0. The molecule has 0 radical (unpaired) electrons. The van der Waals surface area contributed by atoms with Crippen LogP contribution in [0, 0.1) is 0 Å². The highest BCUT2D eigenvalue weighted by Crippen LogP contribution is 2.35. The zero-order valence-corrected chi connectivity index (χ0v) is 29.1. The number of allylic oxidation sites excluding steroid dienone is 8. The van der Waals surface area contributed by atoms with Crippen molar-refractivity contribution >= 4 is 19.8 Å². The van der Waals surface area contributed by atoms with Crippen LogP contribution in [0.3, 0.4) is 0 Å². The maximum Gasteiger partial charge on any atom is 0.469 e. The molecule has 0 saturated heterocycles. The summed E-state index contributed by atoms with van der Waals surface area (Å²) in [7, 11) is -4.76. The summed E-state index contributed by atoms with van der Waals surface area (Å²) >= 11 is 0. The maximum atomic E-state index is 12.3. The van der Waals surface area contributed by atoms with Gasteiger partial charge in [0.1, 0.15) is 6.61 Å². The van der Waals surface area contributed by atoms with E-state index >= 15 is 0 Å². The molecule has 0 aromatic heterocycles. The van der Waals surface area contributed by atoms with Crippen molar-refractivity contribution in [3.63, 3.8) is 0 Å². The fraction of sp³-hybridized carbons (Fsp3) is 0.722. The molecule has 0 aromatic rings. The van der Waals surface area contributed by atoms with Crippen LogP contribution in [0.5, 0.6) is 0 Å². The molecule has 0 spiro atoms. The van der Waals surface area contributed by atoms with E-state index < -0.39 is 32.5 Å². The smallest absolute Gasteiger partial charge is 0.462 e. The highest BCUT2D eigenvalue weighted by atomic mass is 31.2. The van der Waals surface area contributed by atoms with Gasteiger partial charge in [-0.1, -0.05) is 133 Å². The molecule has 45 heavy (non-hydrogen) atoms. The molecule has 0 heterocycles. The lowest BCUT2D eigenvalue weighted by molar-refractivity contribution is -0.161. The van der Waals surface area contributed by atoms with Crippen molar-refractivity contribution in [3.05, 3.63) is 48.6 Å². The fourth-order valence-corrected chi connectivity index (χ4v) is 4.84. The van der Waals surface area contributed by atoms with Crippen molar-refractivity contribution in [1.82, 2.24) is 0 Å². The molecule has 260 valence electrons. The van der Waals surface area contributed by atoms with Crippen LogP contribution in [-0.2, 0) is 28.2 Å². The van der Waals surface area contributed by atoms with Crippen LogP contribution in [0.4, 0.5) is 0 Å². The van der Waals surface area contributed by atoms with E-state index in [4.69, 9.17) is 19.3 Å². The Morgan fingerprint density at radius 1 is 0.578 bits per heavy atom. The van der Waals surface area contributed by atoms with E-state index in [-0.39, 0.29) is 19.4 Å². The van der Waals surface area contributed by atoms with E-state index in [0.29, 0.717) is 12.8 Å². The summed E-state index contributed by atoms with van der Waals surface area (Å²) in [5, 5.41) is 0. The lowest BCUT2D eigenvalue weighted by atomic mass is 10.1. The first-order chi connectivity index (χ1) is 21.8. The zero-order valence-electron chi connectivity index (χ0n) is 28.3. The van der Waals surface area contributed by atoms with Crippen molar-refractivity contribution in [2.45, 2.75) is 155 Å². The third-order valence-electron chi connectivity index (χ3n) is 7.10. The molecule has 0 aliphatic carbocycles.